The third kappa shape index (κ3) is 1.36. The van der Waals surface area contributed by atoms with Crippen molar-refractivity contribution in [2.45, 2.75) is 11.1 Å². The normalized spacial score (nSPS) is 32.1. The molecule has 3 amide bonds. The van der Waals surface area contributed by atoms with Gasteiger partial charge in [-0.15, -0.1) is 0 Å². The summed E-state index contributed by atoms with van der Waals surface area (Å²) in [6.45, 7) is 0. The third-order valence-corrected chi connectivity index (χ3v) is 2.35. The van der Waals surface area contributed by atoms with Gasteiger partial charge in [-0.1, -0.05) is 15.9 Å². The number of aliphatic hydroxyl groups is 1. The van der Waals surface area contributed by atoms with Gasteiger partial charge >= 0.3 is 6.03 Å². The molecule has 0 aromatic carbocycles. The minimum atomic E-state index is -1.09. The van der Waals surface area contributed by atoms with Crippen LogP contribution in [0.2, 0.25) is 0 Å². The maximum Gasteiger partial charge on any atom is 0.325 e. The fraction of sp³-hybridized carbons (Fsp3) is 0.600. The van der Waals surface area contributed by atoms with Crippen molar-refractivity contribution >= 4 is 27.9 Å². The predicted molar refractivity (Wildman–Crippen MR) is 40.0 cm³/mol. The highest BCUT2D eigenvalue weighted by Gasteiger charge is 2.36. The van der Waals surface area contributed by atoms with Crippen LogP contribution in [0.5, 0.6) is 0 Å². The standard InChI is InChI=1S/C5H7BrN2O3/c1-8-4(10)2(6)3(9)7-5(8)11/h2,4,10H,1H3,(H,7,9,11). The third-order valence-electron chi connectivity index (χ3n) is 1.46. The lowest BCUT2D eigenvalue weighted by molar-refractivity contribution is -0.125. The van der Waals surface area contributed by atoms with E-state index in [0.717, 1.165) is 4.90 Å². The Bertz CT molecular complexity index is 188. The van der Waals surface area contributed by atoms with E-state index < -0.39 is 23.0 Å². The van der Waals surface area contributed by atoms with E-state index in [1.54, 1.807) is 0 Å². The molecule has 2 atom stereocenters. The number of hydrogen-bond acceptors (Lipinski definition) is 3. The second-order valence-corrected chi connectivity index (χ2v) is 3.21. The van der Waals surface area contributed by atoms with E-state index >= 15 is 0 Å². The van der Waals surface area contributed by atoms with Crippen LogP contribution in [0.3, 0.4) is 0 Å². The number of rotatable bonds is 0. The van der Waals surface area contributed by atoms with Gasteiger partial charge in [0.25, 0.3) is 0 Å². The molecule has 1 aliphatic rings. The van der Waals surface area contributed by atoms with Gasteiger partial charge < -0.3 is 10.0 Å². The molecule has 0 bridgehead atoms. The molecule has 1 fully saturated rings. The van der Waals surface area contributed by atoms with Crippen LogP contribution in [-0.2, 0) is 4.79 Å². The summed E-state index contributed by atoms with van der Waals surface area (Å²) < 4.78 is 0. The number of halogens is 1. The molecular weight excluding hydrogens is 216 g/mol. The number of carbonyl (C=O) groups is 2. The van der Waals surface area contributed by atoms with E-state index in [1.165, 1.54) is 7.05 Å². The Kier molecular flexibility index (Phi) is 2.15. The molecule has 1 saturated heterocycles. The SMILES string of the molecule is CN1C(=O)NC(=O)C(Br)C1O. The smallest absolute Gasteiger partial charge is 0.325 e. The molecule has 0 saturated carbocycles. The number of nitrogens with zero attached hydrogens (tertiary/aromatic N) is 1. The van der Waals surface area contributed by atoms with Gasteiger partial charge in [0.2, 0.25) is 5.91 Å². The number of nitrogens with one attached hydrogen (secondary N) is 1. The van der Waals surface area contributed by atoms with Crippen LogP contribution in [0.4, 0.5) is 4.79 Å². The lowest BCUT2D eigenvalue weighted by Crippen LogP contribution is -2.59. The lowest BCUT2D eigenvalue weighted by atomic mass is 10.3. The van der Waals surface area contributed by atoms with Crippen molar-refractivity contribution in [2.24, 2.45) is 0 Å². The van der Waals surface area contributed by atoms with E-state index in [4.69, 9.17) is 0 Å². The summed E-state index contributed by atoms with van der Waals surface area (Å²) in [5, 5.41) is 11.2. The molecule has 11 heavy (non-hydrogen) atoms. The summed E-state index contributed by atoms with van der Waals surface area (Å²) in [6, 6.07) is -0.585. The minimum Gasteiger partial charge on any atom is -0.372 e. The van der Waals surface area contributed by atoms with Crippen LogP contribution < -0.4 is 5.32 Å². The summed E-state index contributed by atoms with van der Waals surface area (Å²) in [4.78, 5) is 21.9. The zero-order chi connectivity index (χ0) is 8.59. The summed E-state index contributed by atoms with van der Waals surface area (Å²) >= 11 is 2.93. The lowest BCUT2D eigenvalue weighted by Gasteiger charge is -2.31. The summed E-state index contributed by atoms with van der Waals surface area (Å²) in [5.41, 5.74) is 0. The number of amides is 3. The summed E-state index contributed by atoms with van der Waals surface area (Å²) in [6.07, 6.45) is -1.09. The van der Waals surface area contributed by atoms with Crippen molar-refractivity contribution < 1.29 is 14.7 Å². The molecule has 0 aromatic heterocycles. The average molecular weight is 223 g/mol. The Morgan fingerprint density at radius 3 is 2.73 bits per heavy atom. The van der Waals surface area contributed by atoms with Crippen LogP contribution in [0, 0.1) is 0 Å². The van der Waals surface area contributed by atoms with Gasteiger partial charge in [0.15, 0.2) is 6.23 Å². The van der Waals surface area contributed by atoms with Gasteiger partial charge in [0, 0.05) is 7.05 Å². The molecule has 5 nitrogen and oxygen atoms in total. The van der Waals surface area contributed by atoms with Crippen molar-refractivity contribution in [3.63, 3.8) is 0 Å². The second-order valence-electron chi connectivity index (χ2n) is 2.22. The quantitative estimate of drug-likeness (QED) is 0.531. The van der Waals surface area contributed by atoms with Crippen molar-refractivity contribution in [3.05, 3.63) is 0 Å². The van der Waals surface area contributed by atoms with Crippen molar-refractivity contribution in [1.29, 1.82) is 0 Å². The number of aliphatic hydroxyl groups excluding tert-OH is 1. The molecule has 1 aliphatic heterocycles. The van der Waals surface area contributed by atoms with Gasteiger partial charge in [-0.2, -0.15) is 0 Å². The van der Waals surface area contributed by atoms with Crippen LogP contribution in [0.25, 0.3) is 0 Å². The largest absolute Gasteiger partial charge is 0.372 e. The highest BCUT2D eigenvalue weighted by Crippen LogP contribution is 2.13. The Labute approximate surface area is 71.5 Å². The maximum atomic E-state index is 10.8. The fourth-order valence-electron chi connectivity index (χ4n) is 0.714. The van der Waals surface area contributed by atoms with Gasteiger partial charge in [0.05, 0.1) is 0 Å². The van der Waals surface area contributed by atoms with Crippen molar-refractivity contribution in [1.82, 2.24) is 10.2 Å². The van der Waals surface area contributed by atoms with Gasteiger partial charge in [-0.25, -0.2) is 4.79 Å². The zero-order valence-electron chi connectivity index (χ0n) is 5.74. The molecule has 0 radical (unpaired) electrons. The fourth-order valence-corrected chi connectivity index (χ4v) is 1.18. The first kappa shape index (κ1) is 8.48. The number of carbonyl (C=O) groups excluding carboxylic acids is 2. The number of urea groups is 1. The molecule has 0 aliphatic carbocycles. The van der Waals surface area contributed by atoms with E-state index in [9.17, 15) is 14.7 Å². The van der Waals surface area contributed by atoms with Crippen molar-refractivity contribution in [2.75, 3.05) is 7.05 Å². The van der Waals surface area contributed by atoms with E-state index in [2.05, 4.69) is 21.2 Å². The number of imide groups is 1. The van der Waals surface area contributed by atoms with E-state index in [0.29, 0.717) is 0 Å². The predicted octanol–water partition coefficient (Wildman–Crippen LogP) is -0.750. The zero-order valence-corrected chi connectivity index (χ0v) is 7.33. The Hall–Kier alpha value is -0.620. The van der Waals surface area contributed by atoms with Gasteiger partial charge in [-0.3, -0.25) is 10.1 Å². The first-order chi connectivity index (χ1) is 5.04. The summed E-state index contributed by atoms with van der Waals surface area (Å²) in [5.74, 6) is -0.513. The van der Waals surface area contributed by atoms with E-state index in [-0.39, 0.29) is 0 Å². The Morgan fingerprint density at radius 2 is 2.18 bits per heavy atom. The molecule has 2 N–H and O–H groups in total. The van der Waals surface area contributed by atoms with Crippen molar-refractivity contribution in [3.8, 4) is 0 Å². The first-order valence-electron chi connectivity index (χ1n) is 2.94. The number of hydrogen-bond donors (Lipinski definition) is 2. The van der Waals surface area contributed by atoms with Crippen LogP contribution in [-0.4, -0.2) is 40.0 Å². The Balaban J connectivity index is 2.78. The van der Waals surface area contributed by atoms with Crippen LogP contribution in [0.15, 0.2) is 0 Å². The molecule has 1 heterocycles. The van der Waals surface area contributed by atoms with E-state index in [1.807, 2.05) is 0 Å². The molecule has 62 valence electrons. The highest BCUT2D eigenvalue weighted by atomic mass is 79.9. The topological polar surface area (TPSA) is 69.6 Å². The molecule has 0 aromatic rings. The molecule has 2 unspecified atom stereocenters. The first-order valence-corrected chi connectivity index (χ1v) is 3.85. The monoisotopic (exact) mass is 222 g/mol. The molecular formula is C5H7BrN2O3. The number of alkyl halides is 1. The molecule has 1 rings (SSSR count). The second kappa shape index (κ2) is 2.78. The van der Waals surface area contributed by atoms with Gasteiger partial charge in [0.1, 0.15) is 4.83 Å². The average Bonchev–Trinajstić information content (AvgIpc) is 1.97. The minimum absolute atomic E-state index is 0.513. The molecule has 6 heteroatoms. The molecule has 0 spiro atoms. The Morgan fingerprint density at radius 1 is 1.64 bits per heavy atom. The highest BCUT2D eigenvalue weighted by molar-refractivity contribution is 9.10. The van der Waals surface area contributed by atoms with Crippen LogP contribution in [0.1, 0.15) is 0 Å². The maximum absolute atomic E-state index is 10.8. The summed E-state index contributed by atoms with van der Waals surface area (Å²) in [7, 11) is 1.40. The van der Waals surface area contributed by atoms with Gasteiger partial charge in [-0.05, 0) is 0 Å². The van der Waals surface area contributed by atoms with Crippen LogP contribution >= 0.6 is 15.9 Å².